The van der Waals surface area contributed by atoms with Crippen LogP contribution < -0.4 is 18.9 Å². The van der Waals surface area contributed by atoms with Crippen LogP contribution in [0.2, 0.25) is 0 Å². The molecule has 7 aromatic carbocycles. The van der Waals surface area contributed by atoms with E-state index in [1.54, 1.807) is 0 Å². The number of fused-ring (bicyclic) bond motifs is 4. The first kappa shape index (κ1) is 42.8. The molecule has 0 heterocycles. The van der Waals surface area contributed by atoms with Crippen LogP contribution in [0.15, 0.2) is 127 Å². The van der Waals surface area contributed by atoms with Gasteiger partial charge in [0.1, 0.15) is 49.4 Å². The normalized spacial score (nSPS) is 12.3. The highest BCUT2D eigenvalue weighted by Crippen LogP contribution is 2.43. The van der Waals surface area contributed by atoms with Crippen LogP contribution in [0.1, 0.15) is 70.8 Å². The standard InChI is InChI=1S/C53H56O8/c1-4-6-8-28-50(54)60-40(33-56-48-26-16-20-38-18-10-12-22-42(38)48)35-58-52-44-24-14-15-25-45(44)53(47-32-37(3)30-31-46(47)52)59-36-41(61-51(55)29-9-7-5-2)34-57-49-27-17-21-39-19-11-13-23-43(39)49/h10-27,30-32,40-41H,4-9,28-29,33-36H2,1-3H3. The summed E-state index contributed by atoms with van der Waals surface area (Å²) >= 11 is 0. The molecule has 2 atom stereocenters. The molecule has 0 spiro atoms. The van der Waals surface area contributed by atoms with Gasteiger partial charge in [-0.1, -0.05) is 154 Å². The molecule has 0 fully saturated rings. The highest BCUT2D eigenvalue weighted by atomic mass is 16.6. The Balaban J connectivity index is 1.16. The molecule has 0 amide bonds. The molecule has 0 saturated carbocycles. The van der Waals surface area contributed by atoms with Crippen molar-refractivity contribution in [3.8, 4) is 23.0 Å². The second kappa shape index (κ2) is 21.3. The predicted octanol–water partition coefficient (Wildman–Crippen LogP) is 12.5. The minimum absolute atomic E-state index is 0.0685. The lowest BCUT2D eigenvalue weighted by atomic mass is 9.99. The van der Waals surface area contributed by atoms with Crippen molar-refractivity contribution < 1.29 is 38.0 Å². The van der Waals surface area contributed by atoms with Crippen molar-refractivity contribution in [1.29, 1.82) is 0 Å². The number of esters is 2. The molecule has 0 aliphatic rings. The third kappa shape index (κ3) is 11.1. The van der Waals surface area contributed by atoms with Gasteiger partial charge in [0.2, 0.25) is 0 Å². The van der Waals surface area contributed by atoms with Gasteiger partial charge in [0.05, 0.1) is 0 Å². The molecule has 0 saturated heterocycles. The Morgan fingerprint density at radius 3 is 1.34 bits per heavy atom. The van der Waals surface area contributed by atoms with Crippen LogP contribution >= 0.6 is 0 Å². The fourth-order valence-corrected chi connectivity index (χ4v) is 7.65. The second-order valence-corrected chi connectivity index (χ2v) is 15.6. The second-order valence-electron chi connectivity index (χ2n) is 15.6. The Labute approximate surface area is 358 Å². The first-order valence-electron chi connectivity index (χ1n) is 21.7. The summed E-state index contributed by atoms with van der Waals surface area (Å²) in [5.41, 5.74) is 1.04. The fourth-order valence-electron chi connectivity index (χ4n) is 7.65. The van der Waals surface area contributed by atoms with Crippen molar-refractivity contribution in [3.63, 3.8) is 0 Å². The predicted molar refractivity (Wildman–Crippen MR) is 244 cm³/mol. The molecular weight excluding hydrogens is 765 g/mol. The van der Waals surface area contributed by atoms with Crippen molar-refractivity contribution in [2.75, 3.05) is 26.4 Å². The van der Waals surface area contributed by atoms with E-state index in [1.165, 1.54) is 0 Å². The Bertz CT molecular complexity index is 2550. The number of ether oxygens (including phenoxy) is 6. The van der Waals surface area contributed by atoms with Crippen LogP contribution in [0.4, 0.5) is 0 Å². The van der Waals surface area contributed by atoms with Crippen LogP contribution in [-0.4, -0.2) is 50.6 Å². The summed E-state index contributed by atoms with van der Waals surface area (Å²) in [5, 5.41) is 7.43. The Hall–Kier alpha value is -6.28. The molecule has 0 aliphatic heterocycles. The minimum atomic E-state index is -0.683. The van der Waals surface area contributed by atoms with E-state index < -0.39 is 12.2 Å². The van der Waals surface area contributed by atoms with Gasteiger partial charge in [-0.15, -0.1) is 0 Å². The van der Waals surface area contributed by atoms with Gasteiger partial charge in [0, 0.05) is 45.2 Å². The Morgan fingerprint density at radius 1 is 0.443 bits per heavy atom. The maximum Gasteiger partial charge on any atom is 0.306 e. The van der Waals surface area contributed by atoms with Crippen molar-refractivity contribution in [3.05, 3.63) is 133 Å². The smallest absolute Gasteiger partial charge is 0.306 e. The topological polar surface area (TPSA) is 89.5 Å². The third-order valence-corrected chi connectivity index (χ3v) is 10.8. The van der Waals surface area contributed by atoms with Crippen molar-refractivity contribution in [2.45, 2.75) is 84.3 Å². The summed E-state index contributed by atoms with van der Waals surface area (Å²) in [6.45, 7) is 6.62. The SMILES string of the molecule is CCCCCC(=O)OC(COc1cccc2ccccc12)COc1c2ccccc2c(OCC(COc2cccc3ccccc23)OC(=O)CCCCC)c2cc(C)ccc12. The summed E-state index contributed by atoms with van der Waals surface area (Å²) in [5.74, 6) is 2.17. The number of hydrogen-bond acceptors (Lipinski definition) is 8. The summed E-state index contributed by atoms with van der Waals surface area (Å²) in [6.07, 6.45) is 4.74. The van der Waals surface area contributed by atoms with E-state index in [0.717, 1.165) is 87.2 Å². The van der Waals surface area contributed by atoms with E-state index in [2.05, 4.69) is 19.9 Å². The molecular formula is C53H56O8. The van der Waals surface area contributed by atoms with Gasteiger partial charge < -0.3 is 28.4 Å². The molecule has 316 valence electrons. The third-order valence-electron chi connectivity index (χ3n) is 10.8. The first-order valence-corrected chi connectivity index (χ1v) is 21.7. The van der Waals surface area contributed by atoms with E-state index in [4.69, 9.17) is 28.4 Å². The van der Waals surface area contributed by atoms with E-state index in [-0.39, 0.29) is 38.4 Å². The van der Waals surface area contributed by atoms with Crippen LogP contribution in [0.25, 0.3) is 43.1 Å². The van der Waals surface area contributed by atoms with Crippen LogP contribution in [0.3, 0.4) is 0 Å². The van der Waals surface area contributed by atoms with E-state index in [9.17, 15) is 9.59 Å². The molecule has 0 aliphatic carbocycles. The molecule has 8 nitrogen and oxygen atoms in total. The highest BCUT2D eigenvalue weighted by molar-refractivity contribution is 6.11. The zero-order chi connectivity index (χ0) is 42.4. The summed E-state index contributed by atoms with van der Waals surface area (Å²) in [6, 6.07) is 42.1. The zero-order valence-corrected chi connectivity index (χ0v) is 35.5. The van der Waals surface area contributed by atoms with Crippen molar-refractivity contribution >= 4 is 55.0 Å². The van der Waals surface area contributed by atoms with Crippen LogP contribution in [-0.2, 0) is 19.1 Å². The average molecular weight is 821 g/mol. The Morgan fingerprint density at radius 2 is 0.852 bits per heavy atom. The fraction of sp³-hybridized carbons (Fsp3) is 0.321. The maximum atomic E-state index is 13.1. The summed E-state index contributed by atoms with van der Waals surface area (Å²) in [7, 11) is 0. The molecule has 8 heteroatoms. The monoisotopic (exact) mass is 820 g/mol. The molecule has 0 bridgehead atoms. The lowest BCUT2D eigenvalue weighted by Gasteiger charge is -2.23. The van der Waals surface area contributed by atoms with Gasteiger partial charge in [0.15, 0.2) is 12.2 Å². The number of rotatable bonds is 22. The molecule has 7 aromatic rings. The quantitative estimate of drug-likeness (QED) is 0.0379. The lowest BCUT2D eigenvalue weighted by Crippen LogP contribution is -2.31. The van der Waals surface area contributed by atoms with Gasteiger partial charge >= 0.3 is 11.9 Å². The van der Waals surface area contributed by atoms with E-state index in [0.29, 0.717) is 35.8 Å². The van der Waals surface area contributed by atoms with E-state index >= 15 is 0 Å². The number of aryl methyl sites for hydroxylation is 1. The zero-order valence-electron chi connectivity index (χ0n) is 35.5. The van der Waals surface area contributed by atoms with Gasteiger partial charge in [-0.2, -0.15) is 0 Å². The highest BCUT2D eigenvalue weighted by Gasteiger charge is 2.23. The number of unbranched alkanes of at least 4 members (excludes halogenated alkanes) is 4. The molecule has 2 unspecified atom stereocenters. The van der Waals surface area contributed by atoms with Gasteiger partial charge in [-0.25, -0.2) is 0 Å². The summed E-state index contributed by atoms with van der Waals surface area (Å²) in [4.78, 5) is 26.3. The largest absolute Gasteiger partial charge is 0.489 e. The molecule has 7 rings (SSSR count). The number of benzene rings is 7. The molecule has 0 N–H and O–H groups in total. The van der Waals surface area contributed by atoms with Gasteiger partial charge in [0.25, 0.3) is 0 Å². The summed E-state index contributed by atoms with van der Waals surface area (Å²) < 4.78 is 38.3. The van der Waals surface area contributed by atoms with Gasteiger partial charge in [-0.3, -0.25) is 9.59 Å². The average Bonchev–Trinajstić information content (AvgIpc) is 3.28. The molecule has 61 heavy (non-hydrogen) atoms. The Kier molecular flexibility index (Phi) is 15.0. The molecule has 0 radical (unpaired) electrons. The molecule has 0 aromatic heterocycles. The van der Waals surface area contributed by atoms with Crippen molar-refractivity contribution in [2.24, 2.45) is 0 Å². The number of carbonyl (C=O) groups is 2. The van der Waals surface area contributed by atoms with Crippen molar-refractivity contribution in [1.82, 2.24) is 0 Å². The number of hydrogen-bond donors (Lipinski definition) is 0. The van der Waals surface area contributed by atoms with Crippen LogP contribution in [0, 0.1) is 6.92 Å². The maximum absolute atomic E-state index is 13.1. The van der Waals surface area contributed by atoms with Gasteiger partial charge in [-0.05, 0) is 48.7 Å². The first-order chi connectivity index (χ1) is 29.9. The lowest BCUT2D eigenvalue weighted by molar-refractivity contribution is -0.153. The number of carbonyl (C=O) groups excluding carboxylic acids is 2. The van der Waals surface area contributed by atoms with E-state index in [1.807, 2.05) is 128 Å². The van der Waals surface area contributed by atoms with Crippen LogP contribution in [0.5, 0.6) is 23.0 Å². The minimum Gasteiger partial charge on any atom is -0.489 e.